The van der Waals surface area contributed by atoms with Crippen molar-refractivity contribution < 1.29 is 17.9 Å². The fourth-order valence-electron chi connectivity index (χ4n) is 2.53. The van der Waals surface area contributed by atoms with E-state index >= 15 is 0 Å². The predicted octanol–water partition coefficient (Wildman–Crippen LogP) is 4.41. The molecule has 0 atom stereocenters. The number of ether oxygens (including phenoxy) is 1. The lowest BCUT2D eigenvalue weighted by atomic mass is 10.1. The number of nitrogens with zero attached hydrogens (tertiary/aromatic N) is 1. The largest absolute Gasteiger partial charge is 0.390 e. The fraction of sp³-hybridized carbons (Fsp3) is 0.381. The quantitative estimate of drug-likeness (QED) is 0.490. The van der Waals surface area contributed by atoms with Gasteiger partial charge in [-0.05, 0) is 23.6 Å². The highest BCUT2D eigenvalue weighted by molar-refractivity contribution is 5.79. The van der Waals surface area contributed by atoms with Crippen LogP contribution in [0.25, 0.3) is 0 Å². The smallest absolute Gasteiger partial charge is 0.372 e. The third-order valence-electron chi connectivity index (χ3n) is 3.94. The second kappa shape index (κ2) is 11.3. The van der Waals surface area contributed by atoms with Crippen molar-refractivity contribution in [3.63, 3.8) is 0 Å². The first-order chi connectivity index (χ1) is 13.5. The van der Waals surface area contributed by atoms with Crippen molar-refractivity contribution >= 4 is 5.96 Å². The van der Waals surface area contributed by atoms with Gasteiger partial charge < -0.3 is 15.4 Å². The summed E-state index contributed by atoms with van der Waals surface area (Å²) in [5.41, 5.74) is 3.08. The molecule has 0 aromatic heterocycles. The van der Waals surface area contributed by atoms with Gasteiger partial charge in [0, 0.05) is 13.1 Å². The molecule has 2 aromatic carbocycles. The van der Waals surface area contributed by atoms with Crippen LogP contribution in [0.2, 0.25) is 0 Å². The Kier molecular flexibility index (Phi) is 8.81. The molecule has 0 heterocycles. The number of guanidine groups is 1. The average molecular weight is 393 g/mol. The van der Waals surface area contributed by atoms with E-state index in [0.717, 1.165) is 16.7 Å². The Morgan fingerprint density at radius 3 is 2.29 bits per heavy atom. The lowest BCUT2D eigenvalue weighted by Gasteiger charge is -2.13. The van der Waals surface area contributed by atoms with E-state index < -0.39 is 12.6 Å². The van der Waals surface area contributed by atoms with Crippen LogP contribution in [0.15, 0.2) is 59.6 Å². The highest BCUT2D eigenvalue weighted by Crippen LogP contribution is 2.18. The van der Waals surface area contributed by atoms with E-state index in [0.29, 0.717) is 32.3 Å². The zero-order valence-electron chi connectivity index (χ0n) is 15.9. The van der Waals surface area contributed by atoms with Crippen molar-refractivity contribution in [1.29, 1.82) is 0 Å². The van der Waals surface area contributed by atoms with E-state index in [-0.39, 0.29) is 6.54 Å². The third-order valence-corrected chi connectivity index (χ3v) is 3.94. The van der Waals surface area contributed by atoms with Gasteiger partial charge in [-0.3, -0.25) is 0 Å². The standard InChI is InChI=1S/C21H26F3N3O/c1-2-25-20(26-13-12-21(22,23)24)27-14-18-10-6-7-11-19(18)16-28-15-17-8-4-3-5-9-17/h3-11H,2,12-16H2,1H3,(H2,25,26,27). The summed E-state index contributed by atoms with van der Waals surface area (Å²) >= 11 is 0. The molecule has 7 heteroatoms. The van der Waals surface area contributed by atoms with Gasteiger partial charge in [0.2, 0.25) is 0 Å². The second-order valence-corrected chi connectivity index (χ2v) is 6.23. The maximum atomic E-state index is 12.3. The van der Waals surface area contributed by atoms with E-state index in [1.54, 1.807) is 0 Å². The van der Waals surface area contributed by atoms with Crippen LogP contribution in [-0.4, -0.2) is 25.2 Å². The summed E-state index contributed by atoms with van der Waals surface area (Å²) in [6.45, 7) is 3.54. The summed E-state index contributed by atoms with van der Waals surface area (Å²) in [4.78, 5) is 4.40. The van der Waals surface area contributed by atoms with Gasteiger partial charge in [0.25, 0.3) is 0 Å². The molecule has 0 aliphatic heterocycles. The summed E-state index contributed by atoms with van der Waals surface area (Å²) in [6.07, 6.45) is -5.09. The van der Waals surface area contributed by atoms with Gasteiger partial charge in [0.15, 0.2) is 5.96 Å². The third kappa shape index (κ3) is 8.43. The maximum absolute atomic E-state index is 12.3. The number of hydrogen-bond donors (Lipinski definition) is 2. The molecule has 0 fully saturated rings. The number of rotatable bonds is 9. The van der Waals surface area contributed by atoms with Crippen LogP contribution in [0.4, 0.5) is 13.2 Å². The molecule has 0 bridgehead atoms. The maximum Gasteiger partial charge on any atom is 0.390 e. The predicted molar refractivity (Wildman–Crippen MR) is 105 cm³/mol. The van der Waals surface area contributed by atoms with Gasteiger partial charge in [0.05, 0.1) is 26.2 Å². The zero-order chi connectivity index (χ0) is 20.2. The van der Waals surface area contributed by atoms with Crippen molar-refractivity contribution in [3.05, 3.63) is 71.3 Å². The molecule has 2 N–H and O–H groups in total. The fourth-order valence-corrected chi connectivity index (χ4v) is 2.53. The van der Waals surface area contributed by atoms with Crippen molar-refractivity contribution in [2.45, 2.75) is 39.3 Å². The summed E-state index contributed by atoms with van der Waals surface area (Å²) in [5.74, 6) is 0.367. The number of halogens is 3. The van der Waals surface area contributed by atoms with Crippen molar-refractivity contribution in [1.82, 2.24) is 10.6 Å². The average Bonchev–Trinajstić information content (AvgIpc) is 2.67. The molecular weight excluding hydrogens is 367 g/mol. The molecular formula is C21H26F3N3O. The van der Waals surface area contributed by atoms with Gasteiger partial charge in [-0.25, -0.2) is 4.99 Å². The van der Waals surface area contributed by atoms with E-state index in [1.807, 2.05) is 61.5 Å². The Morgan fingerprint density at radius 1 is 0.929 bits per heavy atom. The minimum atomic E-state index is -4.19. The van der Waals surface area contributed by atoms with Crippen LogP contribution >= 0.6 is 0 Å². The molecule has 0 amide bonds. The highest BCUT2D eigenvalue weighted by atomic mass is 19.4. The van der Waals surface area contributed by atoms with E-state index in [1.165, 1.54) is 0 Å². The topological polar surface area (TPSA) is 45.7 Å². The Balaban J connectivity index is 1.92. The minimum Gasteiger partial charge on any atom is -0.372 e. The van der Waals surface area contributed by atoms with Crippen LogP contribution in [0.5, 0.6) is 0 Å². The molecule has 2 aromatic rings. The summed E-state index contributed by atoms with van der Waals surface area (Å²) in [5, 5.41) is 5.68. The van der Waals surface area contributed by atoms with Crippen LogP contribution in [0, 0.1) is 0 Å². The minimum absolute atomic E-state index is 0.211. The van der Waals surface area contributed by atoms with Crippen molar-refractivity contribution in [2.24, 2.45) is 4.99 Å². The molecule has 0 radical (unpaired) electrons. The number of nitrogens with one attached hydrogen (secondary N) is 2. The van der Waals surface area contributed by atoms with Crippen LogP contribution in [-0.2, 0) is 24.5 Å². The number of hydrogen-bond acceptors (Lipinski definition) is 2. The van der Waals surface area contributed by atoms with Crippen molar-refractivity contribution in [2.75, 3.05) is 13.1 Å². The van der Waals surface area contributed by atoms with Crippen LogP contribution in [0.1, 0.15) is 30.0 Å². The monoisotopic (exact) mass is 393 g/mol. The Hall–Kier alpha value is -2.54. The first-order valence-corrected chi connectivity index (χ1v) is 9.25. The molecule has 0 spiro atoms. The Bertz CT molecular complexity index is 733. The van der Waals surface area contributed by atoms with Crippen LogP contribution in [0.3, 0.4) is 0 Å². The Labute approximate surface area is 163 Å². The SMILES string of the molecule is CCNC(=NCc1ccccc1COCc1ccccc1)NCCC(F)(F)F. The van der Waals surface area contributed by atoms with E-state index in [2.05, 4.69) is 15.6 Å². The lowest BCUT2D eigenvalue weighted by Crippen LogP contribution is -2.38. The van der Waals surface area contributed by atoms with E-state index in [4.69, 9.17) is 4.74 Å². The first-order valence-electron chi connectivity index (χ1n) is 9.25. The number of aliphatic imine (C=N–C) groups is 1. The molecule has 0 saturated heterocycles. The molecule has 0 aliphatic carbocycles. The van der Waals surface area contributed by atoms with Gasteiger partial charge in [0.1, 0.15) is 0 Å². The molecule has 0 unspecified atom stereocenters. The zero-order valence-corrected chi connectivity index (χ0v) is 15.9. The molecule has 152 valence electrons. The lowest BCUT2D eigenvalue weighted by molar-refractivity contribution is -0.132. The Morgan fingerprint density at radius 2 is 1.61 bits per heavy atom. The second-order valence-electron chi connectivity index (χ2n) is 6.23. The summed E-state index contributed by atoms with van der Waals surface area (Å²) < 4.78 is 42.8. The normalized spacial score (nSPS) is 12.1. The molecule has 0 aliphatic rings. The molecule has 2 rings (SSSR count). The number of alkyl halides is 3. The van der Waals surface area contributed by atoms with E-state index in [9.17, 15) is 13.2 Å². The van der Waals surface area contributed by atoms with Gasteiger partial charge in [-0.2, -0.15) is 13.2 Å². The van der Waals surface area contributed by atoms with Crippen molar-refractivity contribution in [3.8, 4) is 0 Å². The first kappa shape index (κ1) is 21.8. The van der Waals surface area contributed by atoms with Gasteiger partial charge in [-0.1, -0.05) is 54.6 Å². The van der Waals surface area contributed by atoms with Crippen LogP contribution < -0.4 is 10.6 Å². The molecule has 0 saturated carbocycles. The summed E-state index contributed by atoms with van der Waals surface area (Å²) in [6, 6.07) is 17.7. The van der Waals surface area contributed by atoms with Gasteiger partial charge >= 0.3 is 6.18 Å². The van der Waals surface area contributed by atoms with Gasteiger partial charge in [-0.15, -0.1) is 0 Å². The highest BCUT2D eigenvalue weighted by Gasteiger charge is 2.26. The summed E-state index contributed by atoms with van der Waals surface area (Å²) in [7, 11) is 0. The molecule has 4 nitrogen and oxygen atoms in total. The number of benzene rings is 2. The molecule has 28 heavy (non-hydrogen) atoms.